The number of nitrogens with zero attached hydrogens (tertiary/aromatic N) is 2. The molecule has 0 aromatic heterocycles. The van der Waals surface area contributed by atoms with E-state index in [2.05, 4.69) is 5.32 Å². The van der Waals surface area contributed by atoms with Gasteiger partial charge in [-0.25, -0.2) is 8.42 Å². The quantitative estimate of drug-likeness (QED) is 0.247. The first-order valence-electron chi connectivity index (χ1n) is 13.5. The van der Waals surface area contributed by atoms with Gasteiger partial charge >= 0.3 is 0 Å². The molecule has 1 unspecified atom stereocenters. The number of halogens is 1. The Morgan fingerprint density at radius 1 is 1.00 bits per heavy atom. The number of carbonyl (C=O) groups excluding carboxylic acids is 2. The average Bonchev–Trinajstić information content (AvgIpc) is 2.94. The first-order chi connectivity index (χ1) is 19.8. The maximum atomic E-state index is 14.1. The minimum atomic E-state index is -4.22. The van der Waals surface area contributed by atoms with Crippen molar-refractivity contribution in [2.45, 2.75) is 62.5 Å². The molecule has 3 rings (SSSR count). The van der Waals surface area contributed by atoms with E-state index in [0.717, 1.165) is 14.8 Å². The number of hydrogen-bond donors (Lipinski definition) is 1. The van der Waals surface area contributed by atoms with Gasteiger partial charge in [-0.2, -0.15) is 0 Å². The summed E-state index contributed by atoms with van der Waals surface area (Å²) in [5.41, 5.74) is 0.426. The van der Waals surface area contributed by atoms with Crippen LogP contribution in [0.3, 0.4) is 0 Å². The summed E-state index contributed by atoms with van der Waals surface area (Å²) in [6.45, 7) is 8.79. The number of rotatable bonds is 12. The Balaban J connectivity index is 2.09. The smallest absolute Gasteiger partial charge is 0.264 e. The maximum Gasteiger partial charge on any atom is 0.264 e. The molecule has 3 aromatic carbocycles. The summed E-state index contributed by atoms with van der Waals surface area (Å²) in [4.78, 5) is 29.7. The van der Waals surface area contributed by atoms with Crippen molar-refractivity contribution in [3.8, 4) is 5.75 Å². The molecule has 0 saturated carbocycles. The lowest BCUT2D eigenvalue weighted by atomic mass is 10.1. The second-order valence-electron chi connectivity index (χ2n) is 10.7. The second-order valence-corrected chi connectivity index (χ2v) is 13.8. The number of nitrogens with one attached hydrogen (secondary N) is 1. The zero-order valence-corrected chi connectivity index (χ0v) is 27.1. The normalized spacial score (nSPS) is 12.4. The van der Waals surface area contributed by atoms with E-state index in [-0.39, 0.29) is 23.0 Å². The van der Waals surface area contributed by atoms with E-state index in [4.69, 9.17) is 16.3 Å². The highest BCUT2D eigenvalue weighted by Crippen LogP contribution is 2.33. The van der Waals surface area contributed by atoms with E-state index in [1.165, 1.54) is 28.8 Å². The molecule has 226 valence electrons. The van der Waals surface area contributed by atoms with Crippen LogP contribution >= 0.6 is 23.4 Å². The highest BCUT2D eigenvalue weighted by atomic mass is 35.5. The fourth-order valence-corrected chi connectivity index (χ4v) is 6.13. The molecule has 0 spiro atoms. The van der Waals surface area contributed by atoms with Crippen molar-refractivity contribution < 1.29 is 22.7 Å². The van der Waals surface area contributed by atoms with Crippen LogP contribution in [0.4, 0.5) is 5.69 Å². The van der Waals surface area contributed by atoms with E-state index < -0.39 is 34.1 Å². The largest absolute Gasteiger partial charge is 0.492 e. The molecule has 3 aromatic rings. The van der Waals surface area contributed by atoms with Crippen LogP contribution in [0.5, 0.6) is 5.75 Å². The molecule has 0 radical (unpaired) electrons. The van der Waals surface area contributed by atoms with E-state index in [9.17, 15) is 18.0 Å². The van der Waals surface area contributed by atoms with Gasteiger partial charge in [-0.15, -0.1) is 11.8 Å². The Morgan fingerprint density at radius 2 is 1.62 bits per heavy atom. The van der Waals surface area contributed by atoms with Crippen LogP contribution in [0.15, 0.2) is 82.6 Å². The number of hydrogen-bond acceptors (Lipinski definition) is 6. The molecule has 0 aliphatic heterocycles. The summed E-state index contributed by atoms with van der Waals surface area (Å²) in [6.07, 6.45) is 1.90. The number of benzene rings is 3. The zero-order valence-electron chi connectivity index (χ0n) is 24.8. The van der Waals surface area contributed by atoms with Gasteiger partial charge in [0, 0.05) is 22.0 Å². The minimum absolute atomic E-state index is 0.0298. The lowest BCUT2D eigenvalue weighted by molar-refractivity contribution is -0.140. The van der Waals surface area contributed by atoms with Crippen LogP contribution in [0.1, 0.15) is 40.2 Å². The van der Waals surface area contributed by atoms with Gasteiger partial charge in [0.2, 0.25) is 11.8 Å². The van der Waals surface area contributed by atoms with Gasteiger partial charge in [0.1, 0.15) is 18.3 Å². The third kappa shape index (κ3) is 8.65. The standard InChI is InChI=1S/C31H38ClN3O5S2/c1-7-40-28-11-9-8-10-27(28)35(42(38,39)26-18-16-25(41-6)17-19-26)21-29(36)34(20-23-12-14-24(32)15-13-23)22(2)30(37)33-31(3,4)5/h8-19,22H,7,20-21H2,1-6H3,(H,33,37). The molecule has 11 heteroatoms. The molecule has 0 saturated heterocycles. The van der Waals surface area contributed by atoms with Gasteiger partial charge in [-0.05, 0) is 95.0 Å². The topological polar surface area (TPSA) is 96.0 Å². The Hall–Kier alpha value is -3.21. The number of ether oxygens (including phenoxy) is 1. The summed E-state index contributed by atoms with van der Waals surface area (Å²) in [5.74, 6) is -0.599. The number of sulfonamides is 1. The van der Waals surface area contributed by atoms with Crippen molar-refractivity contribution in [1.82, 2.24) is 10.2 Å². The van der Waals surface area contributed by atoms with Gasteiger partial charge in [0.15, 0.2) is 0 Å². The molecule has 42 heavy (non-hydrogen) atoms. The molecule has 0 heterocycles. The summed E-state index contributed by atoms with van der Waals surface area (Å²) < 4.78 is 35.1. The summed E-state index contributed by atoms with van der Waals surface area (Å²) in [6, 6.07) is 19.2. The van der Waals surface area contributed by atoms with Crippen LogP contribution in [-0.4, -0.2) is 56.1 Å². The SMILES string of the molecule is CCOc1ccccc1N(CC(=O)N(Cc1ccc(Cl)cc1)C(C)C(=O)NC(C)(C)C)S(=O)(=O)c1ccc(SC)cc1. The number of thioether (sulfide) groups is 1. The Bertz CT molecular complexity index is 1470. The fraction of sp³-hybridized carbons (Fsp3) is 0.355. The second kappa shape index (κ2) is 14.3. The summed E-state index contributed by atoms with van der Waals surface area (Å²) >= 11 is 7.56. The molecular weight excluding hydrogens is 594 g/mol. The summed E-state index contributed by atoms with van der Waals surface area (Å²) in [7, 11) is -4.22. The van der Waals surface area contributed by atoms with Crippen molar-refractivity contribution in [2.75, 3.05) is 23.7 Å². The maximum absolute atomic E-state index is 14.1. The van der Waals surface area contributed by atoms with Gasteiger partial charge in [-0.3, -0.25) is 13.9 Å². The predicted octanol–water partition coefficient (Wildman–Crippen LogP) is 5.99. The summed E-state index contributed by atoms with van der Waals surface area (Å²) in [5, 5.41) is 3.45. The van der Waals surface area contributed by atoms with Crippen LogP contribution in [-0.2, 0) is 26.2 Å². The number of carbonyl (C=O) groups is 2. The fourth-order valence-electron chi connectivity index (χ4n) is 4.17. The molecular formula is C31H38ClN3O5S2. The molecule has 2 amide bonds. The molecule has 0 aliphatic rings. The molecule has 0 aliphatic carbocycles. The highest BCUT2D eigenvalue weighted by molar-refractivity contribution is 7.98. The van der Waals surface area contributed by atoms with Crippen LogP contribution in [0.25, 0.3) is 0 Å². The van der Waals surface area contributed by atoms with E-state index in [1.807, 2.05) is 27.0 Å². The van der Waals surface area contributed by atoms with Crippen molar-refractivity contribution >= 4 is 50.9 Å². The van der Waals surface area contributed by atoms with Gasteiger partial charge in [0.05, 0.1) is 17.2 Å². The lowest BCUT2D eigenvalue weighted by Crippen LogP contribution is -2.54. The molecule has 8 nitrogen and oxygen atoms in total. The predicted molar refractivity (Wildman–Crippen MR) is 170 cm³/mol. The van der Waals surface area contributed by atoms with Gasteiger partial charge in [0.25, 0.3) is 10.0 Å². The van der Waals surface area contributed by atoms with Crippen molar-refractivity contribution in [1.29, 1.82) is 0 Å². The van der Waals surface area contributed by atoms with Crippen LogP contribution in [0, 0.1) is 0 Å². The van der Waals surface area contributed by atoms with Crippen molar-refractivity contribution in [3.05, 3.63) is 83.4 Å². The Morgan fingerprint density at radius 3 is 2.19 bits per heavy atom. The van der Waals surface area contributed by atoms with Crippen LogP contribution < -0.4 is 14.4 Å². The highest BCUT2D eigenvalue weighted by Gasteiger charge is 2.34. The van der Waals surface area contributed by atoms with Crippen LogP contribution in [0.2, 0.25) is 5.02 Å². The number of anilines is 1. The molecule has 1 atom stereocenters. The third-order valence-corrected chi connectivity index (χ3v) is 9.06. The number of para-hydroxylation sites is 2. The molecule has 0 fully saturated rings. The van der Waals surface area contributed by atoms with Gasteiger partial charge < -0.3 is 15.0 Å². The zero-order chi connectivity index (χ0) is 31.1. The Kier molecular flexibility index (Phi) is 11.3. The first kappa shape index (κ1) is 33.3. The molecule has 1 N–H and O–H groups in total. The lowest BCUT2D eigenvalue weighted by Gasteiger charge is -2.33. The van der Waals surface area contributed by atoms with Gasteiger partial charge in [-0.1, -0.05) is 35.9 Å². The first-order valence-corrected chi connectivity index (χ1v) is 16.6. The van der Waals surface area contributed by atoms with E-state index in [1.54, 1.807) is 74.5 Å². The minimum Gasteiger partial charge on any atom is -0.492 e. The molecule has 0 bridgehead atoms. The average molecular weight is 632 g/mol. The third-order valence-electron chi connectivity index (χ3n) is 6.29. The van der Waals surface area contributed by atoms with E-state index >= 15 is 0 Å². The Labute approximate surface area is 258 Å². The van der Waals surface area contributed by atoms with Crippen molar-refractivity contribution in [3.63, 3.8) is 0 Å². The number of amides is 2. The van der Waals surface area contributed by atoms with Crippen molar-refractivity contribution in [2.24, 2.45) is 0 Å². The van der Waals surface area contributed by atoms with E-state index in [0.29, 0.717) is 17.4 Å². The monoisotopic (exact) mass is 631 g/mol.